The van der Waals surface area contributed by atoms with Crippen molar-refractivity contribution >= 4 is 21.8 Å². The van der Waals surface area contributed by atoms with Crippen molar-refractivity contribution in [1.82, 2.24) is 14.5 Å². The fraction of sp³-hybridized carbons (Fsp3) is 0.333. The molecule has 41 heavy (non-hydrogen) atoms. The zero-order valence-corrected chi connectivity index (χ0v) is 23.5. The van der Waals surface area contributed by atoms with Crippen molar-refractivity contribution in [2.24, 2.45) is 0 Å². The van der Waals surface area contributed by atoms with E-state index in [1.165, 1.54) is 33.5 Å². The Hall–Kier alpha value is -3.77. The molecule has 10 nitrogen and oxygen atoms in total. The van der Waals surface area contributed by atoms with Crippen LogP contribution in [0.25, 0.3) is 0 Å². The van der Waals surface area contributed by atoms with E-state index in [-0.39, 0.29) is 37.1 Å². The van der Waals surface area contributed by atoms with Crippen LogP contribution in [0.4, 0.5) is 0 Å². The van der Waals surface area contributed by atoms with E-state index in [1.54, 1.807) is 24.3 Å². The van der Waals surface area contributed by atoms with Crippen molar-refractivity contribution in [3.63, 3.8) is 0 Å². The molecule has 0 unspecified atom stereocenters. The van der Waals surface area contributed by atoms with Crippen LogP contribution in [0.15, 0.2) is 89.8 Å². The van der Waals surface area contributed by atoms with Gasteiger partial charge in [-0.05, 0) is 41.8 Å². The Kier molecular flexibility index (Phi) is 10.9. The molecule has 4 rings (SSSR count). The summed E-state index contributed by atoms with van der Waals surface area (Å²) in [5.74, 6) is -0.473. The maximum absolute atomic E-state index is 13.7. The van der Waals surface area contributed by atoms with E-state index in [4.69, 9.17) is 14.6 Å². The van der Waals surface area contributed by atoms with Gasteiger partial charge in [0, 0.05) is 32.8 Å². The van der Waals surface area contributed by atoms with Crippen molar-refractivity contribution in [2.75, 3.05) is 46.1 Å². The molecule has 1 atom stereocenters. The SMILES string of the molecule is O=C(NCCCO)[C@H](c1ccccc1)N(Cc1ccccc1)C(=O)COc1ccc(S(=O)(=O)N2CCOCC2)cc1. The Morgan fingerprint density at radius 3 is 2.22 bits per heavy atom. The monoisotopic (exact) mass is 581 g/mol. The maximum Gasteiger partial charge on any atom is 0.261 e. The summed E-state index contributed by atoms with van der Waals surface area (Å²) < 4.78 is 38.2. The number of aliphatic hydroxyl groups is 1. The molecular formula is C30H35N3O7S. The molecule has 1 aliphatic rings. The van der Waals surface area contributed by atoms with E-state index in [0.717, 1.165) is 5.56 Å². The van der Waals surface area contributed by atoms with E-state index in [1.807, 2.05) is 36.4 Å². The summed E-state index contributed by atoms with van der Waals surface area (Å²) in [6.45, 7) is 1.29. The number of hydrogen-bond acceptors (Lipinski definition) is 7. The van der Waals surface area contributed by atoms with Crippen LogP contribution in [0.5, 0.6) is 5.75 Å². The molecule has 1 heterocycles. The van der Waals surface area contributed by atoms with Crippen molar-refractivity contribution in [3.8, 4) is 5.75 Å². The predicted molar refractivity (Wildman–Crippen MR) is 152 cm³/mol. The Balaban J connectivity index is 1.53. The number of carbonyl (C=O) groups is 2. The molecule has 0 bridgehead atoms. The Morgan fingerprint density at radius 1 is 0.951 bits per heavy atom. The summed E-state index contributed by atoms with van der Waals surface area (Å²) in [5, 5.41) is 12.0. The van der Waals surface area contributed by atoms with Crippen LogP contribution in [0.2, 0.25) is 0 Å². The fourth-order valence-corrected chi connectivity index (χ4v) is 5.88. The molecular weight excluding hydrogens is 546 g/mol. The first-order valence-corrected chi connectivity index (χ1v) is 14.9. The molecule has 1 aliphatic heterocycles. The third-order valence-electron chi connectivity index (χ3n) is 6.62. The molecule has 0 spiro atoms. The first-order valence-electron chi connectivity index (χ1n) is 13.5. The average molecular weight is 582 g/mol. The average Bonchev–Trinajstić information content (AvgIpc) is 3.01. The molecule has 3 aromatic carbocycles. The molecule has 1 saturated heterocycles. The summed E-state index contributed by atoms with van der Waals surface area (Å²) in [4.78, 5) is 28.7. The second kappa shape index (κ2) is 14.7. The van der Waals surface area contributed by atoms with E-state index < -0.39 is 22.0 Å². The second-order valence-corrected chi connectivity index (χ2v) is 11.4. The molecule has 11 heteroatoms. The van der Waals surface area contributed by atoms with Crippen LogP contribution in [0, 0.1) is 0 Å². The summed E-state index contributed by atoms with van der Waals surface area (Å²) in [7, 11) is -3.66. The highest BCUT2D eigenvalue weighted by Gasteiger charge is 2.32. The van der Waals surface area contributed by atoms with Crippen LogP contribution in [-0.4, -0.2) is 80.6 Å². The van der Waals surface area contributed by atoms with Gasteiger partial charge in [0.1, 0.15) is 11.8 Å². The zero-order valence-electron chi connectivity index (χ0n) is 22.7. The van der Waals surface area contributed by atoms with E-state index >= 15 is 0 Å². The molecule has 0 saturated carbocycles. The van der Waals surface area contributed by atoms with Crippen LogP contribution in [0.3, 0.4) is 0 Å². The third-order valence-corrected chi connectivity index (χ3v) is 8.53. The molecule has 0 radical (unpaired) electrons. The van der Waals surface area contributed by atoms with Gasteiger partial charge in [0.2, 0.25) is 15.9 Å². The number of aliphatic hydroxyl groups excluding tert-OH is 1. The fourth-order valence-electron chi connectivity index (χ4n) is 4.47. The molecule has 0 aliphatic carbocycles. The van der Waals surface area contributed by atoms with Gasteiger partial charge in [-0.25, -0.2) is 8.42 Å². The predicted octanol–water partition coefficient (Wildman–Crippen LogP) is 2.36. The van der Waals surface area contributed by atoms with Crippen molar-refractivity contribution in [3.05, 3.63) is 96.1 Å². The smallest absolute Gasteiger partial charge is 0.261 e. The molecule has 2 amide bonds. The van der Waals surface area contributed by atoms with Gasteiger partial charge in [-0.2, -0.15) is 4.31 Å². The number of carbonyl (C=O) groups excluding carboxylic acids is 2. The lowest BCUT2D eigenvalue weighted by Crippen LogP contribution is -2.45. The highest BCUT2D eigenvalue weighted by molar-refractivity contribution is 7.89. The van der Waals surface area contributed by atoms with Gasteiger partial charge in [0.15, 0.2) is 6.61 Å². The van der Waals surface area contributed by atoms with Crippen molar-refractivity contribution in [2.45, 2.75) is 23.9 Å². The van der Waals surface area contributed by atoms with E-state index in [9.17, 15) is 18.0 Å². The van der Waals surface area contributed by atoms with Crippen LogP contribution in [0.1, 0.15) is 23.6 Å². The topological polar surface area (TPSA) is 125 Å². The van der Waals surface area contributed by atoms with Gasteiger partial charge in [-0.1, -0.05) is 60.7 Å². The normalized spacial score (nSPS) is 14.7. The summed E-state index contributed by atoms with van der Waals surface area (Å²) >= 11 is 0. The van der Waals surface area contributed by atoms with Gasteiger partial charge in [0.05, 0.1) is 18.1 Å². The zero-order chi connectivity index (χ0) is 29.1. The minimum atomic E-state index is -3.66. The summed E-state index contributed by atoms with van der Waals surface area (Å²) in [5.41, 5.74) is 1.47. The number of nitrogens with zero attached hydrogens (tertiary/aromatic N) is 2. The standard InChI is InChI=1S/C30H35N3O7S/c34-19-7-16-31-30(36)29(25-10-5-2-6-11-25)33(22-24-8-3-1-4-9-24)28(35)23-40-26-12-14-27(15-13-26)41(37,38)32-17-20-39-21-18-32/h1-6,8-15,29,34H,7,16-23H2,(H,31,36)/t29-/m0/s1. The molecule has 3 aromatic rings. The third kappa shape index (κ3) is 8.14. The lowest BCUT2D eigenvalue weighted by molar-refractivity contribution is -0.143. The number of sulfonamides is 1. The second-order valence-electron chi connectivity index (χ2n) is 9.47. The first kappa shape index (κ1) is 30.2. The molecule has 1 fully saturated rings. The largest absolute Gasteiger partial charge is 0.484 e. The summed E-state index contributed by atoms with van der Waals surface area (Å²) in [6.07, 6.45) is 0.389. The number of morpholine rings is 1. The molecule has 218 valence electrons. The minimum absolute atomic E-state index is 0.0661. The van der Waals surface area contributed by atoms with Crippen molar-refractivity contribution in [1.29, 1.82) is 0 Å². The number of benzene rings is 3. The number of rotatable bonds is 13. The van der Waals surface area contributed by atoms with Gasteiger partial charge < -0.3 is 24.8 Å². The Morgan fingerprint density at radius 2 is 1.59 bits per heavy atom. The van der Waals surface area contributed by atoms with Crippen LogP contribution in [-0.2, 0) is 30.9 Å². The highest BCUT2D eigenvalue weighted by Crippen LogP contribution is 2.25. The van der Waals surface area contributed by atoms with Gasteiger partial charge >= 0.3 is 0 Å². The lowest BCUT2D eigenvalue weighted by atomic mass is 10.0. The number of amides is 2. The van der Waals surface area contributed by atoms with Crippen molar-refractivity contribution < 1.29 is 32.6 Å². The Labute approximate surface area is 240 Å². The number of hydrogen-bond donors (Lipinski definition) is 2. The van der Waals surface area contributed by atoms with Crippen LogP contribution < -0.4 is 10.1 Å². The Bertz CT molecular complexity index is 1360. The minimum Gasteiger partial charge on any atom is -0.484 e. The quantitative estimate of drug-likeness (QED) is 0.297. The maximum atomic E-state index is 13.7. The first-order chi connectivity index (χ1) is 19.9. The summed E-state index contributed by atoms with van der Waals surface area (Å²) in [6, 6.07) is 23.4. The molecule has 2 N–H and O–H groups in total. The van der Waals surface area contributed by atoms with E-state index in [0.29, 0.717) is 44.0 Å². The number of nitrogens with one attached hydrogen (secondary N) is 1. The number of ether oxygens (including phenoxy) is 2. The molecule has 0 aromatic heterocycles. The highest BCUT2D eigenvalue weighted by atomic mass is 32.2. The van der Waals surface area contributed by atoms with Gasteiger partial charge in [-0.15, -0.1) is 0 Å². The lowest BCUT2D eigenvalue weighted by Gasteiger charge is -2.31. The van der Waals surface area contributed by atoms with Gasteiger partial charge in [-0.3, -0.25) is 9.59 Å². The van der Waals surface area contributed by atoms with Gasteiger partial charge in [0.25, 0.3) is 5.91 Å². The van der Waals surface area contributed by atoms with Crippen LogP contribution >= 0.6 is 0 Å². The van der Waals surface area contributed by atoms with E-state index in [2.05, 4.69) is 5.32 Å².